The lowest BCUT2D eigenvalue weighted by atomic mass is 10.4. The van der Waals surface area contributed by atoms with Crippen molar-refractivity contribution in [1.82, 2.24) is 4.98 Å². The van der Waals surface area contributed by atoms with Crippen LogP contribution in [0.3, 0.4) is 0 Å². The van der Waals surface area contributed by atoms with Gasteiger partial charge >= 0.3 is 11.8 Å². The average molecular weight is 249 g/mol. The summed E-state index contributed by atoms with van der Waals surface area (Å²) in [6, 6.07) is 3.23. The monoisotopic (exact) mass is 249 g/mol. The molecule has 3 aromatic rings. The molecule has 7 nitrogen and oxygen atoms in total. The van der Waals surface area contributed by atoms with Gasteiger partial charge in [-0.05, 0) is 0 Å². The second-order valence-electron chi connectivity index (χ2n) is 3.51. The van der Waals surface area contributed by atoms with Gasteiger partial charge in [-0.15, -0.1) is 0 Å². The van der Waals surface area contributed by atoms with Gasteiger partial charge in [-0.1, -0.05) is 0 Å². The largest absolute Gasteiger partial charge is 0.518 e. The second kappa shape index (κ2) is 3.95. The van der Waals surface area contributed by atoms with E-state index in [0.29, 0.717) is 11.1 Å². The molecule has 92 valence electrons. The number of furan rings is 1. The minimum absolute atomic E-state index is 0.142. The first kappa shape index (κ1) is 10.5. The molecule has 0 bridgehead atoms. The molecule has 0 amide bonds. The first-order chi connectivity index (χ1) is 8.72. The van der Waals surface area contributed by atoms with Crippen LogP contribution in [0.4, 0.5) is 0 Å². The van der Waals surface area contributed by atoms with Crippen LogP contribution in [0.5, 0.6) is 0 Å². The van der Waals surface area contributed by atoms with E-state index in [1.807, 2.05) is 0 Å². The van der Waals surface area contributed by atoms with E-state index < -0.39 is 11.8 Å². The minimum atomic E-state index is -0.835. The summed E-state index contributed by atoms with van der Waals surface area (Å²) in [5.41, 5.74) is 1.53. The number of fused-ring (bicyclic) bond motifs is 1. The van der Waals surface area contributed by atoms with Crippen LogP contribution in [0.2, 0.25) is 0 Å². The summed E-state index contributed by atoms with van der Waals surface area (Å²) in [5, 5.41) is 0. The fraction of sp³-hybridized carbons (Fsp3) is 0.0909. The number of aromatic amines is 1. The number of aromatic nitrogens is 1. The zero-order valence-electron chi connectivity index (χ0n) is 8.97. The van der Waals surface area contributed by atoms with Gasteiger partial charge < -0.3 is 23.0 Å². The molecule has 0 aliphatic carbocycles. The van der Waals surface area contributed by atoms with Crippen LogP contribution in [0.1, 0.15) is 16.2 Å². The van der Waals surface area contributed by atoms with E-state index in [1.165, 1.54) is 12.3 Å². The van der Waals surface area contributed by atoms with Crippen molar-refractivity contribution in [3.63, 3.8) is 0 Å². The summed E-state index contributed by atoms with van der Waals surface area (Å²) < 4.78 is 19.0. The van der Waals surface area contributed by atoms with Crippen LogP contribution in [0, 0.1) is 0 Å². The smallest absolute Gasteiger partial charge is 0.463 e. The number of carbonyl (C=O) groups excluding carboxylic acids is 1. The molecule has 0 spiro atoms. The molecule has 0 saturated carbocycles. The number of rotatable bonds is 3. The summed E-state index contributed by atoms with van der Waals surface area (Å²) in [5.74, 6) is -1.27. The van der Waals surface area contributed by atoms with Gasteiger partial charge in [0.05, 0.1) is 11.8 Å². The standard InChI is InChI=1S/C11H7NO6/c13-10(16-4-6-5-17-11(14)18-6)8-3-9-7(12-8)1-2-15-9/h1-3,5,12H,4H2. The van der Waals surface area contributed by atoms with Crippen molar-refractivity contribution in [3.8, 4) is 0 Å². The zero-order valence-corrected chi connectivity index (χ0v) is 8.97. The minimum Gasteiger partial charge on any atom is -0.463 e. The van der Waals surface area contributed by atoms with Crippen LogP contribution in [-0.4, -0.2) is 11.0 Å². The number of hydrogen-bond acceptors (Lipinski definition) is 6. The Morgan fingerprint density at radius 2 is 2.28 bits per heavy atom. The maximum atomic E-state index is 11.6. The van der Waals surface area contributed by atoms with Gasteiger partial charge in [0.2, 0.25) is 0 Å². The molecule has 0 atom stereocenters. The van der Waals surface area contributed by atoms with Gasteiger partial charge in [-0.3, -0.25) is 0 Å². The van der Waals surface area contributed by atoms with E-state index in [4.69, 9.17) is 9.15 Å². The molecule has 0 fully saturated rings. The molecule has 0 radical (unpaired) electrons. The van der Waals surface area contributed by atoms with E-state index in [1.54, 1.807) is 6.07 Å². The Kier molecular flexibility index (Phi) is 2.30. The van der Waals surface area contributed by atoms with Crippen molar-refractivity contribution >= 4 is 17.1 Å². The molecule has 18 heavy (non-hydrogen) atoms. The van der Waals surface area contributed by atoms with Gasteiger partial charge in [-0.25, -0.2) is 9.59 Å². The molecule has 1 N–H and O–H groups in total. The highest BCUT2D eigenvalue weighted by atomic mass is 16.6. The summed E-state index contributed by atoms with van der Waals surface area (Å²) in [4.78, 5) is 25.1. The highest BCUT2D eigenvalue weighted by molar-refractivity contribution is 5.93. The van der Waals surface area contributed by atoms with Crippen LogP contribution in [-0.2, 0) is 11.3 Å². The Labute approximate surface area is 98.9 Å². The molecule has 7 heteroatoms. The number of nitrogens with one attached hydrogen (secondary N) is 1. The number of hydrogen-bond donors (Lipinski definition) is 1. The van der Waals surface area contributed by atoms with Crippen molar-refractivity contribution in [2.45, 2.75) is 6.61 Å². The van der Waals surface area contributed by atoms with Gasteiger partial charge in [0.25, 0.3) is 0 Å². The summed E-state index contributed by atoms with van der Waals surface area (Å²) in [7, 11) is 0. The Morgan fingerprint density at radius 1 is 1.39 bits per heavy atom. The molecule has 0 saturated heterocycles. The molecule has 0 aliphatic rings. The molecule has 3 aromatic heterocycles. The van der Waals surface area contributed by atoms with Crippen molar-refractivity contribution in [3.05, 3.63) is 46.7 Å². The first-order valence-corrected chi connectivity index (χ1v) is 5.03. The zero-order chi connectivity index (χ0) is 12.5. The summed E-state index contributed by atoms with van der Waals surface area (Å²) >= 11 is 0. The van der Waals surface area contributed by atoms with Gasteiger partial charge in [-0.2, -0.15) is 0 Å². The third-order valence-corrected chi connectivity index (χ3v) is 2.31. The third kappa shape index (κ3) is 1.81. The molecule has 0 aromatic carbocycles. The Hall–Kier alpha value is -2.70. The Bertz CT molecular complexity index is 714. The molecule has 3 heterocycles. The van der Waals surface area contributed by atoms with Gasteiger partial charge in [0, 0.05) is 12.1 Å². The van der Waals surface area contributed by atoms with E-state index in [-0.39, 0.29) is 18.1 Å². The highest BCUT2D eigenvalue weighted by Gasteiger charge is 2.13. The number of carbonyl (C=O) groups is 1. The van der Waals surface area contributed by atoms with E-state index in [9.17, 15) is 9.59 Å². The number of H-pyrrole nitrogens is 1. The molecule has 3 rings (SSSR count). The average Bonchev–Trinajstić information content (AvgIpc) is 3.00. The molecular weight excluding hydrogens is 242 g/mol. The van der Waals surface area contributed by atoms with Crippen molar-refractivity contribution < 1.29 is 22.8 Å². The topological polar surface area (TPSA) is 98.6 Å². The van der Waals surface area contributed by atoms with E-state index in [0.717, 1.165) is 6.26 Å². The Balaban J connectivity index is 1.71. The predicted octanol–water partition coefficient (Wildman–Crippen LogP) is 1.66. The van der Waals surface area contributed by atoms with Crippen LogP contribution < -0.4 is 5.82 Å². The lowest BCUT2D eigenvalue weighted by Crippen LogP contribution is -2.05. The maximum Gasteiger partial charge on any atom is 0.518 e. The van der Waals surface area contributed by atoms with Gasteiger partial charge in [0.15, 0.2) is 18.0 Å². The Morgan fingerprint density at radius 3 is 3.00 bits per heavy atom. The van der Waals surface area contributed by atoms with Gasteiger partial charge in [0.1, 0.15) is 12.0 Å². The second-order valence-corrected chi connectivity index (χ2v) is 3.51. The molecule has 0 unspecified atom stereocenters. The quantitative estimate of drug-likeness (QED) is 0.709. The normalized spacial score (nSPS) is 10.9. The summed E-state index contributed by atoms with van der Waals surface area (Å²) in [6.45, 7) is -0.176. The fourth-order valence-electron chi connectivity index (χ4n) is 1.51. The van der Waals surface area contributed by atoms with E-state index in [2.05, 4.69) is 13.8 Å². The third-order valence-electron chi connectivity index (χ3n) is 2.31. The number of esters is 1. The van der Waals surface area contributed by atoms with E-state index >= 15 is 0 Å². The van der Waals surface area contributed by atoms with Crippen LogP contribution in [0.15, 0.2) is 42.7 Å². The fourth-order valence-corrected chi connectivity index (χ4v) is 1.51. The van der Waals surface area contributed by atoms with Crippen molar-refractivity contribution in [2.75, 3.05) is 0 Å². The lowest BCUT2D eigenvalue weighted by molar-refractivity contribution is 0.0438. The van der Waals surface area contributed by atoms with Crippen LogP contribution in [0.25, 0.3) is 11.1 Å². The SMILES string of the molecule is O=C(OCc1coc(=O)o1)c1cc2occc2[nH]1. The molecular formula is C11H7NO6. The maximum absolute atomic E-state index is 11.6. The molecule has 0 aliphatic heterocycles. The van der Waals surface area contributed by atoms with Crippen molar-refractivity contribution in [1.29, 1.82) is 0 Å². The summed E-state index contributed by atoms with van der Waals surface area (Å²) in [6.07, 6.45) is 2.60. The lowest BCUT2D eigenvalue weighted by Gasteiger charge is -1.98. The first-order valence-electron chi connectivity index (χ1n) is 5.03. The number of ether oxygens (including phenoxy) is 1. The van der Waals surface area contributed by atoms with Crippen LogP contribution >= 0.6 is 0 Å². The highest BCUT2D eigenvalue weighted by Crippen LogP contribution is 2.16. The van der Waals surface area contributed by atoms with Crippen molar-refractivity contribution in [2.24, 2.45) is 0 Å². The predicted molar refractivity (Wildman–Crippen MR) is 56.9 cm³/mol.